The van der Waals surface area contributed by atoms with Gasteiger partial charge in [0.05, 0.1) is 17.7 Å². The first-order valence-electron chi connectivity index (χ1n) is 8.82. The van der Waals surface area contributed by atoms with Crippen molar-refractivity contribution in [2.45, 2.75) is 20.5 Å². The second kappa shape index (κ2) is 9.72. The minimum Gasteiger partial charge on any atom is -0.493 e. The van der Waals surface area contributed by atoms with Gasteiger partial charge in [0.1, 0.15) is 17.7 Å². The predicted octanol–water partition coefficient (Wildman–Crippen LogP) is 7.54. The van der Waals surface area contributed by atoms with Crippen molar-refractivity contribution in [3.63, 3.8) is 0 Å². The highest BCUT2D eigenvalue weighted by molar-refractivity contribution is 7.16. The zero-order chi connectivity index (χ0) is 21.8. The molecule has 0 N–H and O–H groups in total. The molecule has 30 heavy (non-hydrogen) atoms. The lowest BCUT2D eigenvalue weighted by Crippen LogP contribution is -2.00. The normalized spacial score (nSPS) is 11.0. The summed E-state index contributed by atoms with van der Waals surface area (Å²) in [7, 11) is 1.54. The molecule has 0 atom stereocenters. The molecule has 8 heteroatoms. The van der Waals surface area contributed by atoms with Crippen LogP contribution in [0.3, 0.4) is 0 Å². The number of methoxy groups -OCH3 is 1. The fourth-order valence-corrected chi connectivity index (χ4v) is 4.40. The maximum Gasteiger partial charge on any atom is 0.180 e. The largest absolute Gasteiger partial charge is 0.493 e. The molecule has 3 aromatic rings. The zero-order valence-electron chi connectivity index (χ0n) is 16.4. The molecular weight excluding hydrogens is 463 g/mol. The summed E-state index contributed by atoms with van der Waals surface area (Å²) in [4.78, 5) is 5.54. The van der Waals surface area contributed by atoms with Gasteiger partial charge in [-0.25, -0.2) is 4.99 Å². The lowest BCUT2D eigenvalue weighted by Gasteiger charge is -2.14. The molecule has 2 aromatic carbocycles. The van der Waals surface area contributed by atoms with Crippen LogP contribution in [0.1, 0.15) is 27.1 Å². The minimum absolute atomic E-state index is 0.207. The van der Waals surface area contributed by atoms with E-state index in [9.17, 15) is 5.26 Å². The van der Waals surface area contributed by atoms with Crippen LogP contribution in [0.15, 0.2) is 35.3 Å². The molecule has 154 valence electrons. The van der Waals surface area contributed by atoms with E-state index in [-0.39, 0.29) is 6.61 Å². The van der Waals surface area contributed by atoms with E-state index in [0.717, 1.165) is 21.6 Å². The van der Waals surface area contributed by atoms with Gasteiger partial charge < -0.3 is 9.47 Å². The van der Waals surface area contributed by atoms with Gasteiger partial charge in [-0.2, -0.15) is 5.26 Å². The number of halogens is 3. The molecule has 0 unspecified atom stereocenters. The van der Waals surface area contributed by atoms with Crippen LogP contribution < -0.4 is 9.47 Å². The summed E-state index contributed by atoms with van der Waals surface area (Å²) >= 11 is 20.1. The van der Waals surface area contributed by atoms with Crippen molar-refractivity contribution in [2.75, 3.05) is 7.11 Å². The zero-order valence-corrected chi connectivity index (χ0v) is 19.5. The molecule has 1 aromatic heterocycles. The number of hydrogen-bond acceptors (Lipinski definition) is 5. The van der Waals surface area contributed by atoms with E-state index in [1.54, 1.807) is 36.5 Å². The van der Waals surface area contributed by atoms with E-state index < -0.39 is 0 Å². The van der Waals surface area contributed by atoms with Gasteiger partial charge >= 0.3 is 0 Å². The molecule has 0 bridgehead atoms. The van der Waals surface area contributed by atoms with Crippen LogP contribution in [-0.2, 0) is 6.61 Å². The molecule has 0 spiro atoms. The van der Waals surface area contributed by atoms with Crippen molar-refractivity contribution in [1.82, 2.24) is 0 Å². The maximum absolute atomic E-state index is 9.37. The van der Waals surface area contributed by atoms with Crippen LogP contribution in [0.2, 0.25) is 15.1 Å². The van der Waals surface area contributed by atoms with Crippen molar-refractivity contribution in [2.24, 2.45) is 4.99 Å². The number of rotatable bonds is 6. The Bertz CT molecular complexity index is 1170. The highest BCUT2D eigenvalue weighted by Crippen LogP contribution is 2.38. The Hall–Kier alpha value is -2.23. The third-order valence-electron chi connectivity index (χ3n) is 4.45. The molecule has 3 rings (SSSR count). The summed E-state index contributed by atoms with van der Waals surface area (Å²) in [6, 6.07) is 10.9. The first kappa shape index (κ1) is 22.5. The molecule has 0 saturated heterocycles. The standard InChI is InChI=1S/C22H17Cl3N2O2S/c1-12-13(2)30-22(17(12)9-26)27-10-14-6-19(25)21(20(7-14)28-3)29-11-15-4-5-16(23)8-18(15)24/h4-8,10H,11H2,1-3H3. The lowest BCUT2D eigenvalue weighted by molar-refractivity contribution is 0.285. The Morgan fingerprint density at radius 1 is 1.13 bits per heavy atom. The Balaban J connectivity index is 1.85. The number of aliphatic imine (C=N–C) groups is 1. The molecule has 0 aliphatic carbocycles. The van der Waals surface area contributed by atoms with E-state index in [0.29, 0.717) is 37.1 Å². The second-order valence-corrected chi connectivity index (χ2v) is 8.85. The van der Waals surface area contributed by atoms with Crippen LogP contribution in [-0.4, -0.2) is 13.3 Å². The molecule has 0 aliphatic heterocycles. The Labute approximate surface area is 194 Å². The smallest absolute Gasteiger partial charge is 0.180 e. The fourth-order valence-electron chi connectivity index (χ4n) is 2.71. The molecule has 0 fully saturated rings. The highest BCUT2D eigenvalue weighted by atomic mass is 35.5. The number of nitrogens with zero attached hydrogens (tertiary/aromatic N) is 2. The number of thiophene rings is 1. The molecule has 1 heterocycles. The van der Waals surface area contributed by atoms with Gasteiger partial charge in [-0.1, -0.05) is 40.9 Å². The molecule has 0 saturated carbocycles. The van der Waals surface area contributed by atoms with Gasteiger partial charge in [-0.05, 0) is 49.2 Å². The highest BCUT2D eigenvalue weighted by Gasteiger charge is 2.14. The van der Waals surface area contributed by atoms with Crippen molar-refractivity contribution in [3.8, 4) is 17.6 Å². The van der Waals surface area contributed by atoms with Crippen molar-refractivity contribution in [1.29, 1.82) is 5.26 Å². The minimum atomic E-state index is 0.207. The number of aryl methyl sites for hydroxylation is 1. The van der Waals surface area contributed by atoms with Crippen LogP contribution in [0.25, 0.3) is 0 Å². The monoisotopic (exact) mass is 478 g/mol. The SMILES string of the molecule is COc1cc(C=Nc2sc(C)c(C)c2C#N)cc(Cl)c1OCc1ccc(Cl)cc1Cl. The summed E-state index contributed by atoms with van der Waals surface area (Å²) < 4.78 is 11.3. The number of nitriles is 1. The van der Waals surface area contributed by atoms with Crippen LogP contribution in [0.5, 0.6) is 11.5 Å². The van der Waals surface area contributed by atoms with Gasteiger partial charge in [-0.3, -0.25) is 0 Å². The Kier molecular flexibility index (Phi) is 7.27. The van der Waals surface area contributed by atoms with Crippen LogP contribution in [0, 0.1) is 25.2 Å². The first-order chi connectivity index (χ1) is 14.3. The lowest BCUT2D eigenvalue weighted by atomic mass is 10.2. The summed E-state index contributed by atoms with van der Waals surface area (Å²) in [5.41, 5.74) is 3.04. The summed E-state index contributed by atoms with van der Waals surface area (Å²) in [5.74, 6) is 0.871. The Morgan fingerprint density at radius 2 is 1.90 bits per heavy atom. The Morgan fingerprint density at radius 3 is 2.57 bits per heavy atom. The fraction of sp³-hybridized carbons (Fsp3) is 0.182. The van der Waals surface area contributed by atoms with Crippen molar-refractivity contribution in [3.05, 3.63) is 72.5 Å². The summed E-state index contributed by atoms with van der Waals surface area (Å²) in [6.45, 7) is 4.10. The van der Waals surface area contributed by atoms with E-state index in [1.807, 2.05) is 13.8 Å². The second-order valence-electron chi connectivity index (χ2n) is 6.39. The van der Waals surface area contributed by atoms with E-state index in [2.05, 4.69) is 11.1 Å². The molecule has 0 radical (unpaired) electrons. The molecule has 0 aliphatic rings. The van der Waals surface area contributed by atoms with Crippen LogP contribution in [0.4, 0.5) is 5.00 Å². The van der Waals surface area contributed by atoms with Gasteiger partial charge in [0.2, 0.25) is 0 Å². The number of hydrogen-bond donors (Lipinski definition) is 0. The third kappa shape index (κ3) is 4.91. The summed E-state index contributed by atoms with van der Waals surface area (Å²) in [6.07, 6.45) is 1.65. The van der Waals surface area contributed by atoms with Gasteiger partial charge in [0.25, 0.3) is 0 Å². The third-order valence-corrected chi connectivity index (χ3v) is 6.43. The van der Waals surface area contributed by atoms with Crippen molar-refractivity contribution >= 4 is 57.4 Å². The molecular formula is C22H17Cl3N2O2S. The molecule has 0 amide bonds. The number of benzene rings is 2. The van der Waals surface area contributed by atoms with E-state index >= 15 is 0 Å². The topological polar surface area (TPSA) is 54.6 Å². The summed E-state index contributed by atoms with van der Waals surface area (Å²) in [5, 5.41) is 11.5. The van der Waals surface area contributed by atoms with E-state index in [4.69, 9.17) is 44.3 Å². The van der Waals surface area contributed by atoms with Gasteiger partial charge in [0.15, 0.2) is 11.5 Å². The van der Waals surface area contributed by atoms with E-state index in [1.165, 1.54) is 18.4 Å². The number of ether oxygens (including phenoxy) is 2. The van der Waals surface area contributed by atoms with Gasteiger partial charge in [-0.15, -0.1) is 11.3 Å². The quantitative estimate of drug-likeness (QED) is 0.343. The van der Waals surface area contributed by atoms with Crippen molar-refractivity contribution < 1.29 is 9.47 Å². The first-order valence-corrected chi connectivity index (χ1v) is 10.8. The molecule has 4 nitrogen and oxygen atoms in total. The van der Waals surface area contributed by atoms with Gasteiger partial charge in [0, 0.05) is 26.7 Å². The maximum atomic E-state index is 9.37. The predicted molar refractivity (Wildman–Crippen MR) is 125 cm³/mol. The average Bonchev–Trinajstić information content (AvgIpc) is 2.99. The average molecular weight is 480 g/mol. The van der Waals surface area contributed by atoms with Crippen LogP contribution >= 0.6 is 46.1 Å².